The maximum atomic E-state index is 12.8. The van der Waals surface area contributed by atoms with Gasteiger partial charge in [-0.2, -0.15) is 9.37 Å². The summed E-state index contributed by atoms with van der Waals surface area (Å²) in [5, 5.41) is 6.21. The number of aromatic nitrogens is 3. The van der Waals surface area contributed by atoms with Crippen LogP contribution in [-0.4, -0.2) is 27.6 Å². The number of hydrogen-bond acceptors (Lipinski definition) is 5. The number of pyridine rings is 1. The molecule has 1 amide bonds. The Labute approximate surface area is 102 Å². The molecule has 1 N–H and O–H groups in total. The van der Waals surface area contributed by atoms with Crippen molar-refractivity contribution in [1.82, 2.24) is 20.4 Å². The molecule has 0 aliphatic rings. The van der Waals surface area contributed by atoms with Gasteiger partial charge in [0.2, 0.25) is 11.8 Å². The first kappa shape index (κ1) is 12.2. The summed E-state index contributed by atoms with van der Waals surface area (Å²) in [4.78, 5) is 19.0. The topological polar surface area (TPSA) is 80.9 Å². The molecule has 18 heavy (non-hydrogen) atoms. The summed E-state index contributed by atoms with van der Waals surface area (Å²) in [7, 11) is 0. The minimum Gasteiger partial charge on any atom is -0.350 e. The SMILES string of the molecule is Cc1noc(CCNC(=O)c2cccc(F)n2)n1. The molecule has 0 fully saturated rings. The molecule has 0 saturated heterocycles. The average molecular weight is 250 g/mol. The fourth-order valence-electron chi connectivity index (χ4n) is 1.35. The first-order chi connectivity index (χ1) is 8.65. The fourth-order valence-corrected chi connectivity index (χ4v) is 1.35. The lowest BCUT2D eigenvalue weighted by atomic mass is 10.3. The maximum absolute atomic E-state index is 12.8. The van der Waals surface area contributed by atoms with Gasteiger partial charge in [-0.15, -0.1) is 0 Å². The predicted molar refractivity (Wildman–Crippen MR) is 59.3 cm³/mol. The molecule has 2 heterocycles. The number of carbonyl (C=O) groups is 1. The Morgan fingerprint density at radius 1 is 1.44 bits per heavy atom. The van der Waals surface area contributed by atoms with E-state index in [1.807, 2.05) is 0 Å². The van der Waals surface area contributed by atoms with E-state index in [1.165, 1.54) is 18.2 Å². The first-order valence-corrected chi connectivity index (χ1v) is 5.35. The Hall–Kier alpha value is -2.31. The van der Waals surface area contributed by atoms with E-state index in [9.17, 15) is 9.18 Å². The van der Waals surface area contributed by atoms with Crippen LogP contribution in [0.25, 0.3) is 0 Å². The van der Waals surface area contributed by atoms with Crippen molar-refractivity contribution in [2.45, 2.75) is 13.3 Å². The van der Waals surface area contributed by atoms with Crippen LogP contribution in [-0.2, 0) is 6.42 Å². The molecule has 0 spiro atoms. The van der Waals surface area contributed by atoms with Crippen LogP contribution in [0.1, 0.15) is 22.2 Å². The molecule has 2 aromatic rings. The van der Waals surface area contributed by atoms with Gasteiger partial charge in [0.1, 0.15) is 5.69 Å². The highest BCUT2D eigenvalue weighted by Gasteiger charge is 2.08. The van der Waals surface area contributed by atoms with Gasteiger partial charge >= 0.3 is 0 Å². The van der Waals surface area contributed by atoms with Crippen LogP contribution in [0.4, 0.5) is 4.39 Å². The van der Waals surface area contributed by atoms with Crippen molar-refractivity contribution in [3.63, 3.8) is 0 Å². The highest BCUT2D eigenvalue weighted by atomic mass is 19.1. The molecule has 0 atom stereocenters. The monoisotopic (exact) mass is 250 g/mol. The van der Waals surface area contributed by atoms with E-state index < -0.39 is 11.9 Å². The standard InChI is InChI=1S/C11H11FN4O2/c1-7-14-10(18-16-7)5-6-13-11(17)8-3-2-4-9(12)15-8/h2-4H,5-6H2,1H3,(H,13,17). The number of halogens is 1. The zero-order valence-electron chi connectivity index (χ0n) is 9.68. The highest BCUT2D eigenvalue weighted by molar-refractivity contribution is 5.92. The molecule has 0 radical (unpaired) electrons. The summed E-state index contributed by atoms with van der Waals surface area (Å²) in [6.45, 7) is 2.03. The van der Waals surface area contributed by atoms with E-state index in [4.69, 9.17) is 4.52 Å². The Kier molecular flexibility index (Phi) is 3.61. The Morgan fingerprint density at radius 3 is 2.94 bits per heavy atom. The minimum absolute atomic E-state index is 0.0386. The lowest BCUT2D eigenvalue weighted by Crippen LogP contribution is -2.26. The summed E-state index contributed by atoms with van der Waals surface area (Å²) in [5.41, 5.74) is 0.0386. The Morgan fingerprint density at radius 2 is 2.28 bits per heavy atom. The summed E-state index contributed by atoms with van der Waals surface area (Å²) in [6, 6.07) is 4.05. The summed E-state index contributed by atoms with van der Waals surface area (Å²) >= 11 is 0. The van der Waals surface area contributed by atoms with Gasteiger partial charge in [0, 0.05) is 13.0 Å². The Bertz CT molecular complexity index is 555. The van der Waals surface area contributed by atoms with Crippen LogP contribution in [0.2, 0.25) is 0 Å². The molecular weight excluding hydrogens is 239 g/mol. The molecule has 0 unspecified atom stereocenters. The number of aryl methyl sites for hydroxylation is 1. The van der Waals surface area contributed by atoms with Crippen LogP contribution < -0.4 is 5.32 Å². The second-order valence-electron chi connectivity index (χ2n) is 3.59. The van der Waals surface area contributed by atoms with Crippen LogP contribution in [0.15, 0.2) is 22.7 Å². The maximum Gasteiger partial charge on any atom is 0.270 e. The molecule has 7 heteroatoms. The third-order valence-corrected chi connectivity index (χ3v) is 2.14. The van der Waals surface area contributed by atoms with E-state index in [-0.39, 0.29) is 5.69 Å². The quantitative estimate of drug-likeness (QED) is 0.815. The summed E-state index contributed by atoms with van der Waals surface area (Å²) in [5.74, 6) is -0.135. The Balaban J connectivity index is 1.85. The third-order valence-electron chi connectivity index (χ3n) is 2.14. The second-order valence-corrected chi connectivity index (χ2v) is 3.59. The number of amides is 1. The van der Waals surface area contributed by atoms with Crippen molar-refractivity contribution in [3.8, 4) is 0 Å². The van der Waals surface area contributed by atoms with Gasteiger partial charge in [-0.25, -0.2) is 4.98 Å². The zero-order valence-corrected chi connectivity index (χ0v) is 9.68. The molecule has 2 aromatic heterocycles. The van der Waals surface area contributed by atoms with Gasteiger partial charge in [-0.1, -0.05) is 11.2 Å². The van der Waals surface area contributed by atoms with Crippen molar-refractivity contribution in [1.29, 1.82) is 0 Å². The summed E-state index contributed by atoms with van der Waals surface area (Å²) < 4.78 is 17.7. The number of rotatable bonds is 4. The number of nitrogens with zero attached hydrogens (tertiary/aromatic N) is 3. The molecule has 0 aliphatic carbocycles. The predicted octanol–water partition coefficient (Wildman–Crippen LogP) is 0.885. The molecule has 2 rings (SSSR count). The van der Waals surface area contributed by atoms with E-state index in [1.54, 1.807) is 6.92 Å². The van der Waals surface area contributed by atoms with Crippen LogP contribution in [0.5, 0.6) is 0 Å². The van der Waals surface area contributed by atoms with Crippen molar-refractivity contribution < 1.29 is 13.7 Å². The van der Waals surface area contributed by atoms with Crippen molar-refractivity contribution >= 4 is 5.91 Å². The lowest BCUT2D eigenvalue weighted by Gasteiger charge is -2.02. The van der Waals surface area contributed by atoms with Gasteiger partial charge in [0.05, 0.1) is 0 Å². The molecule has 0 saturated carbocycles. The van der Waals surface area contributed by atoms with Crippen LogP contribution >= 0.6 is 0 Å². The van der Waals surface area contributed by atoms with Crippen molar-refractivity contribution in [2.75, 3.05) is 6.54 Å². The highest BCUT2D eigenvalue weighted by Crippen LogP contribution is 1.99. The van der Waals surface area contributed by atoms with E-state index in [2.05, 4.69) is 20.4 Å². The van der Waals surface area contributed by atoms with Gasteiger partial charge in [0.25, 0.3) is 5.91 Å². The zero-order chi connectivity index (χ0) is 13.0. The van der Waals surface area contributed by atoms with Crippen LogP contribution in [0, 0.1) is 12.9 Å². The van der Waals surface area contributed by atoms with Gasteiger partial charge in [0.15, 0.2) is 5.82 Å². The summed E-state index contributed by atoms with van der Waals surface area (Å²) in [6.07, 6.45) is 0.419. The first-order valence-electron chi connectivity index (χ1n) is 5.35. The number of carbonyl (C=O) groups excluding carboxylic acids is 1. The second kappa shape index (κ2) is 5.35. The number of hydrogen-bond donors (Lipinski definition) is 1. The van der Waals surface area contributed by atoms with E-state index in [0.717, 1.165) is 0 Å². The largest absolute Gasteiger partial charge is 0.350 e. The van der Waals surface area contributed by atoms with Crippen molar-refractivity contribution in [2.24, 2.45) is 0 Å². The van der Waals surface area contributed by atoms with Gasteiger partial charge in [-0.05, 0) is 19.1 Å². The molecule has 0 aromatic carbocycles. The normalized spacial score (nSPS) is 10.3. The molecular formula is C11H11FN4O2. The minimum atomic E-state index is -0.685. The van der Waals surface area contributed by atoms with E-state index >= 15 is 0 Å². The lowest BCUT2D eigenvalue weighted by molar-refractivity contribution is 0.0947. The number of nitrogens with one attached hydrogen (secondary N) is 1. The molecule has 94 valence electrons. The van der Waals surface area contributed by atoms with Gasteiger partial charge < -0.3 is 9.84 Å². The smallest absolute Gasteiger partial charge is 0.270 e. The third kappa shape index (κ3) is 3.09. The van der Waals surface area contributed by atoms with Crippen molar-refractivity contribution in [3.05, 3.63) is 41.6 Å². The van der Waals surface area contributed by atoms with Gasteiger partial charge in [-0.3, -0.25) is 4.79 Å². The molecule has 0 aliphatic heterocycles. The van der Waals surface area contributed by atoms with Crippen LogP contribution in [0.3, 0.4) is 0 Å². The van der Waals surface area contributed by atoms with E-state index in [0.29, 0.717) is 24.7 Å². The average Bonchev–Trinajstić information content (AvgIpc) is 2.75. The fraction of sp³-hybridized carbons (Fsp3) is 0.273. The molecule has 0 bridgehead atoms. The molecule has 6 nitrogen and oxygen atoms in total.